The molecular weight excluding hydrogens is 228 g/mol. The van der Waals surface area contributed by atoms with E-state index in [0.29, 0.717) is 23.6 Å². The number of nitrogens with two attached hydrogens (primary N) is 1. The Hall–Kier alpha value is -1.52. The first-order valence-electron chi connectivity index (χ1n) is 6.53. The molecule has 0 aromatic carbocycles. The van der Waals surface area contributed by atoms with E-state index in [1.807, 2.05) is 20.8 Å². The van der Waals surface area contributed by atoms with Crippen LogP contribution in [0.4, 0.5) is 5.69 Å². The van der Waals surface area contributed by atoms with Gasteiger partial charge >= 0.3 is 0 Å². The van der Waals surface area contributed by atoms with Crippen LogP contribution in [0.5, 0.6) is 0 Å². The van der Waals surface area contributed by atoms with E-state index in [0.717, 1.165) is 12.8 Å². The van der Waals surface area contributed by atoms with Crippen molar-refractivity contribution >= 4 is 11.6 Å². The minimum atomic E-state index is -0.194. The number of amides is 1. The average Bonchev–Trinajstić information content (AvgIpc) is 2.65. The summed E-state index contributed by atoms with van der Waals surface area (Å²) in [5.74, 6) is -0.138. The van der Waals surface area contributed by atoms with Crippen molar-refractivity contribution in [3.63, 3.8) is 0 Å². The largest absolute Gasteiger partial charge is 0.395 e. The zero-order chi connectivity index (χ0) is 13.9. The Morgan fingerprint density at radius 1 is 1.39 bits per heavy atom. The standard InChI is InChI=1S/C13H24N4O/c1-6-13(5,7-2)15-12(18)11-10(14)9(4)16-17(11)8-3/h6-8,14H2,1-5H3,(H,15,18). The van der Waals surface area contributed by atoms with Gasteiger partial charge in [0.15, 0.2) is 0 Å². The fourth-order valence-corrected chi connectivity index (χ4v) is 1.82. The molecule has 0 aliphatic carbocycles. The van der Waals surface area contributed by atoms with Gasteiger partial charge in [0.1, 0.15) is 5.69 Å². The van der Waals surface area contributed by atoms with Gasteiger partial charge in [-0.15, -0.1) is 0 Å². The van der Waals surface area contributed by atoms with Crippen LogP contribution in [0.25, 0.3) is 0 Å². The van der Waals surface area contributed by atoms with Crippen LogP contribution in [0.15, 0.2) is 0 Å². The lowest BCUT2D eigenvalue weighted by molar-refractivity contribution is 0.0891. The van der Waals surface area contributed by atoms with Gasteiger partial charge in [-0.25, -0.2) is 0 Å². The minimum absolute atomic E-state index is 0.138. The zero-order valence-corrected chi connectivity index (χ0v) is 12.0. The number of carbonyl (C=O) groups excluding carboxylic acids is 1. The first-order valence-corrected chi connectivity index (χ1v) is 6.53. The number of nitrogens with zero attached hydrogens (tertiary/aromatic N) is 2. The second-order valence-corrected chi connectivity index (χ2v) is 4.89. The molecule has 0 aliphatic heterocycles. The Kier molecular flexibility index (Phi) is 4.38. The lowest BCUT2D eigenvalue weighted by Gasteiger charge is -2.28. The molecule has 1 heterocycles. The summed E-state index contributed by atoms with van der Waals surface area (Å²) in [6.07, 6.45) is 1.77. The van der Waals surface area contributed by atoms with Crippen LogP contribution in [0.3, 0.4) is 0 Å². The quantitative estimate of drug-likeness (QED) is 0.843. The zero-order valence-electron chi connectivity index (χ0n) is 12.0. The van der Waals surface area contributed by atoms with E-state index >= 15 is 0 Å². The number of hydrogen-bond donors (Lipinski definition) is 2. The lowest BCUT2D eigenvalue weighted by Crippen LogP contribution is -2.45. The van der Waals surface area contributed by atoms with Crippen LogP contribution in [0.2, 0.25) is 0 Å². The molecule has 0 bridgehead atoms. The maximum absolute atomic E-state index is 12.3. The van der Waals surface area contributed by atoms with E-state index < -0.39 is 0 Å². The van der Waals surface area contributed by atoms with Crippen molar-refractivity contribution < 1.29 is 4.79 Å². The molecule has 0 fully saturated rings. The molecule has 0 spiro atoms. The molecule has 18 heavy (non-hydrogen) atoms. The molecule has 0 saturated heterocycles. The normalized spacial score (nSPS) is 11.6. The summed E-state index contributed by atoms with van der Waals surface area (Å²) in [6, 6.07) is 0. The second-order valence-electron chi connectivity index (χ2n) is 4.89. The molecule has 1 aromatic rings. The van der Waals surface area contributed by atoms with Gasteiger partial charge in [0.05, 0.1) is 11.4 Å². The summed E-state index contributed by atoms with van der Waals surface area (Å²) in [7, 11) is 0. The topological polar surface area (TPSA) is 72.9 Å². The predicted octanol–water partition coefficient (Wildman–Crippen LogP) is 2.10. The molecule has 0 unspecified atom stereocenters. The van der Waals surface area contributed by atoms with Crippen molar-refractivity contribution in [2.45, 2.75) is 59.5 Å². The maximum atomic E-state index is 12.3. The number of anilines is 1. The highest BCUT2D eigenvalue weighted by atomic mass is 16.2. The highest BCUT2D eigenvalue weighted by Gasteiger charge is 2.26. The summed E-state index contributed by atoms with van der Waals surface area (Å²) >= 11 is 0. The van der Waals surface area contributed by atoms with Gasteiger partial charge < -0.3 is 11.1 Å². The van der Waals surface area contributed by atoms with E-state index in [9.17, 15) is 4.79 Å². The Morgan fingerprint density at radius 2 is 1.94 bits per heavy atom. The Bertz CT molecular complexity index is 432. The number of nitrogen functional groups attached to an aromatic ring is 1. The van der Waals surface area contributed by atoms with Crippen LogP contribution >= 0.6 is 0 Å². The molecule has 0 atom stereocenters. The second kappa shape index (κ2) is 5.42. The molecular formula is C13H24N4O. The van der Waals surface area contributed by atoms with Crippen molar-refractivity contribution in [3.05, 3.63) is 11.4 Å². The molecule has 0 aliphatic rings. The first-order chi connectivity index (χ1) is 8.38. The Labute approximate surface area is 109 Å². The van der Waals surface area contributed by atoms with Crippen LogP contribution in [-0.4, -0.2) is 21.2 Å². The average molecular weight is 252 g/mol. The first kappa shape index (κ1) is 14.5. The van der Waals surface area contributed by atoms with E-state index in [4.69, 9.17) is 5.73 Å². The number of rotatable bonds is 5. The highest BCUT2D eigenvalue weighted by molar-refractivity contribution is 5.98. The smallest absolute Gasteiger partial charge is 0.272 e. The third-order valence-corrected chi connectivity index (χ3v) is 3.66. The van der Waals surface area contributed by atoms with Gasteiger partial charge in [0.2, 0.25) is 0 Å². The van der Waals surface area contributed by atoms with Crippen molar-refractivity contribution in [2.75, 3.05) is 5.73 Å². The molecule has 0 saturated carbocycles. The van der Waals surface area contributed by atoms with E-state index in [2.05, 4.69) is 24.3 Å². The number of nitrogens with one attached hydrogen (secondary N) is 1. The fraction of sp³-hybridized carbons (Fsp3) is 0.692. The molecule has 5 heteroatoms. The van der Waals surface area contributed by atoms with Crippen LogP contribution in [-0.2, 0) is 6.54 Å². The minimum Gasteiger partial charge on any atom is -0.395 e. The molecule has 0 radical (unpaired) electrons. The molecule has 1 amide bonds. The fourth-order valence-electron chi connectivity index (χ4n) is 1.82. The summed E-state index contributed by atoms with van der Waals surface area (Å²) in [6.45, 7) is 10.6. The molecule has 1 aromatic heterocycles. The summed E-state index contributed by atoms with van der Waals surface area (Å²) in [5, 5.41) is 7.32. The maximum Gasteiger partial charge on any atom is 0.272 e. The number of aromatic nitrogens is 2. The van der Waals surface area contributed by atoms with Gasteiger partial charge in [-0.3, -0.25) is 9.48 Å². The molecule has 5 nitrogen and oxygen atoms in total. The van der Waals surface area contributed by atoms with Crippen LogP contribution in [0, 0.1) is 6.92 Å². The summed E-state index contributed by atoms with van der Waals surface area (Å²) in [4.78, 5) is 12.3. The monoisotopic (exact) mass is 252 g/mol. The summed E-state index contributed by atoms with van der Waals surface area (Å²) < 4.78 is 1.66. The van der Waals surface area contributed by atoms with Crippen LogP contribution in [0.1, 0.15) is 56.7 Å². The van der Waals surface area contributed by atoms with Crippen molar-refractivity contribution in [3.8, 4) is 0 Å². The predicted molar refractivity (Wildman–Crippen MR) is 73.5 cm³/mol. The van der Waals surface area contributed by atoms with E-state index in [-0.39, 0.29) is 11.4 Å². The molecule has 102 valence electrons. The van der Waals surface area contributed by atoms with E-state index in [1.165, 1.54) is 0 Å². The van der Waals surface area contributed by atoms with Gasteiger partial charge in [-0.05, 0) is 33.6 Å². The van der Waals surface area contributed by atoms with Gasteiger partial charge in [0.25, 0.3) is 5.91 Å². The third-order valence-electron chi connectivity index (χ3n) is 3.66. The van der Waals surface area contributed by atoms with Crippen molar-refractivity contribution in [1.82, 2.24) is 15.1 Å². The van der Waals surface area contributed by atoms with Crippen molar-refractivity contribution in [1.29, 1.82) is 0 Å². The Morgan fingerprint density at radius 3 is 2.39 bits per heavy atom. The third kappa shape index (κ3) is 2.66. The molecule has 1 rings (SSSR count). The van der Waals surface area contributed by atoms with E-state index in [1.54, 1.807) is 4.68 Å². The van der Waals surface area contributed by atoms with Gasteiger partial charge in [-0.2, -0.15) is 5.10 Å². The van der Waals surface area contributed by atoms with Gasteiger partial charge in [0, 0.05) is 12.1 Å². The van der Waals surface area contributed by atoms with Gasteiger partial charge in [-0.1, -0.05) is 13.8 Å². The number of aryl methyl sites for hydroxylation is 2. The Balaban J connectivity index is 3.04. The van der Waals surface area contributed by atoms with Crippen LogP contribution < -0.4 is 11.1 Å². The highest BCUT2D eigenvalue weighted by Crippen LogP contribution is 2.19. The SMILES string of the molecule is CCn1nc(C)c(N)c1C(=O)NC(C)(CC)CC. The molecule has 3 N–H and O–H groups in total. The van der Waals surface area contributed by atoms with Crippen molar-refractivity contribution in [2.24, 2.45) is 0 Å². The lowest BCUT2D eigenvalue weighted by atomic mass is 9.95. The number of carbonyl (C=O) groups is 1. The number of hydrogen-bond acceptors (Lipinski definition) is 3. The summed E-state index contributed by atoms with van der Waals surface area (Å²) in [5.41, 5.74) is 7.40.